The molecule has 2 nitrogen and oxygen atoms in total. The van der Waals surface area contributed by atoms with Gasteiger partial charge in [-0.05, 0) is 35.2 Å². The molecule has 0 radical (unpaired) electrons. The van der Waals surface area contributed by atoms with Gasteiger partial charge in [0.2, 0.25) is 0 Å². The van der Waals surface area contributed by atoms with Gasteiger partial charge in [-0.3, -0.25) is 0 Å². The quantitative estimate of drug-likeness (QED) is 0.849. The van der Waals surface area contributed by atoms with Crippen molar-refractivity contribution in [3.8, 4) is 5.75 Å². The number of phenols is 1. The molecular formula is C15H19NO. The Kier molecular flexibility index (Phi) is 3.07. The summed E-state index contributed by atoms with van der Waals surface area (Å²) in [5.41, 5.74) is 6.77. The second kappa shape index (κ2) is 4.38. The molecule has 2 rings (SSSR count). The first kappa shape index (κ1) is 11.9. The van der Waals surface area contributed by atoms with E-state index in [0.29, 0.717) is 12.3 Å². The second-order valence-corrected chi connectivity index (χ2v) is 5.33. The van der Waals surface area contributed by atoms with Crippen molar-refractivity contribution >= 4 is 10.8 Å². The number of rotatable bonds is 3. The first-order chi connectivity index (χ1) is 8.03. The number of aromatic hydroxyl groups is 1. The zero-order valence-electron chi connectivity index (χ0n) is 10.4. The third-order valence-electron chi connectivity index (χ3n) is 3.22. The maximum atomic E-state index is 10.0. The van der Waals surface area contributed by atoms with Crippen molar-refractivity contribution in [2.45, 2.75) is 20.3 Å². The van der Waals surface area contributed by atoms with Gasteiger partial charge in [-0.2, -0.15) is 0 Å². The smallest absolute Gasteiger partial charge is 0.119 e. The maximum Gasteiger partial charge on any atom is 0.119 e. The molecule has 0 aliphatic carbocycles. The summed E-state index contributed by atoms with van der Waals surface area (Å²) in [6, 6.07) is 11.8. The van der Waals surface area contributed by atoms with Crippen molar-refractivity contribution in [1.82, 2.24) is 0 Å². The predicted molar refractivity (Wildman–Crippen MR) is 72.2 cm³/mol. The molecule has 0 amide bonds. The average Bonchev–Trinajstić information content (AvgIpc) is 2.33. The molecule has 90 valence electrons. The number of nitrogens with two attached hydrogens (primary N) is 1. The zero-order chi connectivity index (χ0) is 12.5. The molecule has 0 aliphatic heterocycles. The average molecular weight is 229 g/mol. The Labute approximate surface area is 102 Å². The molecule has 2 aromatic carbocycles. The van der Waals surface area contributed by atoms with E-state index in [1.54, 1.807) is 6.07 Å². The van der Waals surface area contributed by atoms with Crippen LogP contribution in [0.25, 0.3) is 10.8 Å². The van der Waals surface area contributed by atoms with Crippen molar-refractivity contribution in [3.63, 3.8) is 0 Å². The molecule has 0 saturated carbocycles. The van der Waals surface area contributed by atoms with E-state index < -0.39 is 0 Å². The SMILES string of the molecule is CC(C)(CN)Cc1c(O)ccc2ccccc12. The summed E-state index contributed by atoms with van der Waals surface area (Å²) in [5, 5.41) is 12.3. The monoisotopic (exact) mass is 229 g/mol. The molecule has 2 heteroatoms. The molecule has 2 aromatic rings. The van der Waals surface area contributed by atoms with Gasteiger partial charge < -0.3 is 10.8 Å². The topological polar surface area (TPSA) is 46.2 Å². The van der Waals surface area contributed by atoms with Crippen LogP contribution in [0.2, 0.25) is 0 Å². The lowest BCUT2D eigenvalue weighted by atomic mass is 9.84. The molecule has 0 bridgehead atoms. The van der Waals surface area contributed by atoms with E-state index in [1.165, 1.54) is 0 Å². The van der Waals surface area contributed by atoms with Crippen LogP contribution < -0.4 is 5.73 Å². The largest absolute Gasteiger partial charge is 0.508 e. The van der Waals surface area contributed by atoms with E-state index in [-0.39, 0.29) is 5.41 Å². The molecule has 0 unspecified atom stereocenters. The van der Waals surface area contributed by atoms with Gasteiger partial charge in [-0.15, -0.1) is 0 Å². The molecule has 0 saturated heterocycles. The van der Waals surface area contributed by atoms with Crippen LogP contribution in [0.5, 0.6) is 5.75 Å². The van der Waals surface area contributed by atoms with Crippen molar-refractivity contribution in [3.05, 3.63) is 42.0 Å². The van der Waals surface area contributed by atoms with Crippen LogP contribution >= 0.6 is 0 Å². The van der Waals surface area contributed by atoms with E-state index in [4.69, 9.17) is 5.73 Å². The lowest BCUT2D eigenvalue weighted by molar-refractivity contribution is 0.368. The van der Waals surface area contributed by atoms with E-state index in [1.807, 2.05) is 18.2 Å². The highest BCUT2D eigenvalue weighted by Crippen LogP contribution is 2.32. The summed E-state index contributed by atoms with van der Waals surface area (Å²) in [5.74, 6) is 0.366. The molecule has 0 aliphatic rings. The normalized spacial score (nSPS) is 11.9. The summed E-state index contributed by atoms with van der Waals surface area (Å²) in [6.45, 7) is 4.85. The summed E-state index contributed by atoms with van der Waals surface area (Å²) in [4.78, 5) is 0. The number of benzene rings is 2. The Balaban J connectivity index is 2.55. The summed E-state index contributed by atoms with van der Waals surface area (Å²) in [7, 11) is 0. The van der Waals surface area contributed by atoms with Crippen LogP contribution in [0.15, 0.2) is 36.4 Å². The molecule has 17 heavy (non-hydrogen) atoms. The molecule has 0 atom stereocenters. The number of phenolic OH excluding ortho intramolecular Hbond substituents is 1. The Morgan fingerprint density at radius 1 is 1.12 bits per heavy atom. The van der Waals surface area contributed by atoms with Crippen LogP contribution in [0.1, 0.15) is 19.4 Å². The third kappa shape index (κ3) is 2.42. The van der Waals surface area contributed by atoms with Crippen LogP contribution in [0, 0.1) is 5.41 Å². The summed E-state index contributed by atoms with van der Waals surface area (Å²) < 4.78 is 0. The van der Waals surface area contributed by atoms with Gasteiger partial charge >= 0.3 is 0 Å². The summed E-state index contributed by atoms with van der Waals surface area (Å²) >= 11 is 0. The molecule has 0 fully saturated rings. The highest BCUT2D eigenvalue weighted by atomic mass is 16.3. The minimum atomic E-state index is 0.00159. The lowest BCUT2D eigenvalue weighted by Gasteiger charge is -2.23. The van der Waals surface area contributed by atoms with Crippen LogP contribution in [0.3, 0.4) is 0 Å². The first-order valence-electron chi connectivity index (χ1n) is 5.93. The van der Waals surface area contributed by atoms with Gasteiger partial charge in [-0.1, -0.05) is 44.2 Å². The molecule has 3 N–H and O–H groups in total. The highest BCUT2D eigenvalue weighted by Gasteiger charge is 2.19. The van der Waals surface area contributed by atoms with Gasteiger partial charge in [0.1, 0.15) is 5.75 Å². The number of fused-ring (bicyclic) bond motifs is 1. The highest BCUT2D eigenvalue weighted by molar-refractivity contribution is 5.87. The van der Waals surface area contributed by atoms with Crippen molar-refractivity contribution in [2.75, 3.05) is 6.54 Å². The Morgan fingerprint density at radius 2 is 1.82 bits per heavy atom. The van der Waals surface area contributed by atoms with Crippen molar-refractivity contribution < 1.29 is 5.11 Å². The van der Waals surface area contributed by atoms with Crippen LogP contribution in [0.4, 0.5) is 0 Å². The Hall–Kier alpha value is -1.54. The maximum absolute atomic E-state index is 10.0. The first-order valence-corrected chi connectivity index (χ1v) is 5.93. The molecule has 0 spiro atoms. The minimum absolute atomic E-state index is 0.00159. The van der Waals surface area contributed by atoms with Crippen LogP contribution in [-0.4, -0.2) is 11.7 Å². The minimum Gasteiger partial charge on any atom is -0.508 e. The standard InChI is InChI=1S/C15H19NO/c1-15(2,10-16)9-13-12-6-4-3-5-11(12)7-8-14(13)17/h3-8,17H,9-10,16H2,1-2H3. The zero-order valence-corrected chi connectivity index (χ0v) is 10.4. The fourth-order valence-corrected chi connectivity index (χ4v) is 2.06. The molecule has 0 aromatic heterocycles. The van der Waals surface area contributed by atoms with Gasteiger partial charge in [-0.25, -0.2) is 0 Å². The fourth-order valence-electron chi connectivity index (χ4n) is 2.06. The molecular weight excluding hydrogens is 210 g/mol. The van der Waals surface area contributed by atoms with E-state index in [0.717, 1.165) is 22.8 Å². The van der Waals surface area contributed by atoms with E-state index >= 15 is 0 Å². The fraction of sp³-hybridized carbons (Fsp3) is 0.333. The van der Waals surface area contributed by atoms with E-state index in [2.05, 4.69) is 26.0 Å². The van der Waals surface area contributed by atoms with Crippen molar-refractivity contribution in [2.24, 2.45) is 11.1 Å². The Bertz CT molecular complexity index is 531. The summed E-state index contributed by atoms with van der Waals surface area (Å²) in [6.07, 6.45) is 0.788. The number of hydrogen-bond acceptors (Lipinski definition) is 2. The Morgan fingerprint density at radius 3 is 2.53 bits per heavy atom. The third-order valence-corrected chi connectivity index (χ3v) is 3.22. The molecule has 0 heterocycles. The lowest BCUT2D eigenvalue weighted by Crippen LogP contribution is -2.26. The van der Waals surface area contributed by atoms with Crippen LogP contribution in [-0.2, 0) is 6.42 Å². The van der Waals surface area contributed by atoms with Crippen molar-refractivity contribution in [1.29, 1.82) is 0 Å². The van der Waals surface area contributed by atoms with Gasteiger partial charge in [0, 0.05) is 5.56 Å². The van der Waals surface area contributed by atoms with Gasteiger partial charge in [0.15, 0.2) is 0 Å². The van der Waals surface area contributed by atoms with Gasteiger partial charge in [0.25, 0.3) is 0 Å². The second-order valence-electron chi connectivity index (χ2n) is 5.33. The van der Waals surface area contributed by atoms with E-state index in [9.17, 15) is 5.11 Å². The van der Waals surface area contributed by atoms with Gasteiger partial charge in [0.05, 0.1) is 0 Å². The predicted octanol–water partition coefficient (Wildman–Crippen LogP) is 3.07. The number of hydrogen-bond donors (Lipinski definition) is 2.